The second kappa shape index (κ2) is 21.2. The minimum absolute atomic E-state index is 0.102. The monoisotopic (exact) mass is 1240 g/mol. The predicted octanol–water partition coefficient (Wildman–Crippen LogP) is 22.3. The smallest absolute Gasteiger partial charge is 0.252 e. The van der Waals surface area contributed by atoms with Crippen molar-refractivity contribution in [2.45, 2.75) is 78.6 Å². The van der Waals surface area contributed by atoms with Gasteiger partial charge in [-0.1, -0.05) is 250 Å². The van der Waals surface area contributed by atoms with E-state index in [-0.39, 0.29) is 23.0 Å². The molecular formula is C90H74BN5. The molecule has 0 amide bonds. The molecule has 0 saturated heterocycles. The van der Waals surface area contributed by atoms with Crippen LogP contribution >= 0.6 is 0 Å². The number of hydrogen-bond acceptors (Lipinski definition) is 2. The number of rotatable bonds is 7. The molecule has 5 heterocycles. The summed E-state index contributed by atoms with van der Waals surface area (Å²) < 4.78 is 7.57. The highest BCUT2D eigenvalue weighted by molar-refractivity contribution is 7.00. The second-order valence-corrected chi connectivity index (χ2v) is 29.7. The summed E-state index contributed by atoms with van der Waals surface area (Å²) in [6.07, 6.45) is 0. The normalized spacial score (nSPS) is 13.2. The summed E-state index contributed by atoms with van der Waals surface area (Å²) in [6, 6.07) is 108. The summed E-state index contributed by atoms with van der Waals surface area (Å²) in [4.78, 5) is 5.35. The third-order valence-corrected chi connectivity index (χ3v) is 20.9. The van der Waals surface area contributed by atoms with Gasteiger partial charge in [0.2, 0.25) is 0 Å². The van der Waals surface area contributed by atoms with Gasteiger partial charge in [-0.05, 0) is 158 Å². The highest BCUT2D eigenvalue weighted by Gasteiger charge is 2.46. The topological polar surface area (TPSA) is 21.3 Å². The molecular weight excluding hydrogens is 1160 g/mol. The van der Waals surface area contributed by atoms with Gasteiger partial charge in [0.05, 0.1) is 44.5 Å². The molecule has 0 atom stereocenters. The Morgan fingerprint density at radius 3 is 1.02 bits per heavy atom. The predicted molar refractivity (Wildman–Crippen MR) is 410 cm³/mol. The molecule has 0 N–H and O–H groups in total. The van der Waals surface area contributed by atoms with Gasteiger partial charge >= 0.3 is 0 Å². The Morgan fingerprint density at radius 2 is 0.604 bits per heavy atom. The van der Waals surface area contributed by atoms with Crippen LogP contribution in [0.4, 0.5) is 34.1 Å². The molecule has 0 fully saturated rings. The zero-order valence-corrected chi connectivity index (χ0v) is 55.9. The molecule has 13 aromatic carbocycles. The van der Waals surface area contributed by atoms with Crippen LogP contribution in [0.3, 0.4) is 0 Å². The van der Waals surface area contributed by atoms with E-state index in [0.717, 1.165) is 45.3 Å². The maximum atomic E-state index is 2.68. The van der Waals surface area contributed by atoms with E-state index < -0.39 is 0 Å². The van der Waals surface area contributed by atoms with E-state index in [1.807, 2.05) is 0 Å². The molecule has 6 heteroatoms. The first-order valence-electron chi connectivity index (χ1n) is 34.0. The lowest BCUT2D eigenvalue weighted by atomic mass is 9.33. The quantitative estimate of drug-likeness (QED) is 0.148. The van der Waals surface area contributed by atoms with Crippen molar-refractivity contribution in [2.24, 2.45) is 0 Å². The molecule has 0 spiro atoms. The molecule has 16 aromatic rings. The second-order valence-electron chi connectivity index (χ2n) is 29.7. The van der Waals surface area contributed by atoms with Gasteiger partial charge in [0, 0.05) is 83.3 Å². The Bertz CT molecular complexity index is 5790. The first-order valence-corrected chi connectivity index (χ1v) is 34.0. The van der Waals surface area contributed by atoms with E-state index >= 15 is 0 Å². The first kappa shape index (κ1) is 57.6. The minimum atomic E-state index is -0.270. The zero-order valence-electron chi connectivity index (χ0n) is 55.9. The standard InChI is InChI=1S/C90H74BN5/c1-88(2,3)59-41-49-79(71(51-59)57-27-13-10-14-28-57)95-81-55-63(92-75-37-23-19-33-65(75)66-34-20-24-38-76(66)92)43-47-73(81)91-74-48-44-64(94-78-40-26-22-36-68(78)70-46-45-69-67-35-21-25-39-77(67)93(86(69)87(70)94)62-31-17-12-18-32-62)56-82(74)96(84-54-61(90(7,8)9)53-83(95)85(84)91)80-50-42-60(89(4,5)6)52-72(80)58-29-15-11-16-30-58/h10-56H,1-9H3. The molecule has 0 radical (unpaired) electrons. The van der Waals surface area contributed by atoms with Crippen molar-refractivity contribution in [3.05, 3.63) is 302 Å². The maximum Gasteiger partial charge on any atom is 0.252 e. The van der Waals surface area contributed by atoms with Crippen molar-refractivity contribution in [3.63, 3.8) is 0 Å². The molecule has 18 rings (SSSR count). The lowest BCUT2D eigenvalue weighted by Crippen LogP contribution is -2.61. The fraction of sp³-hybridized carbons (Fsp3) is 0.133. The van der Waals surface area contributed by atoms with Gasteiger partial charge in [0.15, 0.2) is 0 Å². The van der Waals surface area contributed by atoms with Gasteiger partial charge in [-0.3, -0.25) is 0 Å². The van der Waals surface area contributed by atoms with Gasteiger partial charge in [0.25, 0.3) is 6.71 Å². The average molecular weight is 1240 g/mol. The average Bonchev–Trinajstić information content (AvgIpc) is 1.16. The molecule has 462 valence electrons. The van der Waals surface area contributed by atoms with Crippen LogP contribution in [0.15, 0.2) is 285 Å². The SMILES string of the molecule is CC(C)(C)c1ccc(N2c3cc(-n4c5ccccc5c5ccccc54)ccc3B3c4ccc(-n5c6ccccc6c6ccc7c8ccccc8n(-c8ccccc8)c7c65)cc4N(c4ccc(C(C)(C)C)cc4-c4ccccc4)c4cc(C(C)(C)C)cc2c43)c(-c2ccccc2)c1. The van der Waals surface area contributed by atoms with E-state index in [1.165, 1.54) is 127 Å². The summed E-state index contributed by atoms with van der Waals surface area (Å²) in [5, 5.41) is 7.36. The number of anilines is 6. The zero-order chi connectivity index (χ0) is 65.1. The Kier molecular flexibility index (Phi) is 12.7. The fourth-order valence-electron chi connectivity index (χ4n) is 16.1. The highest BCUT2D eigenvalue weighted by atomic mass is 15.2. The lowest BCUT2D eigenvalue weighted by molar-refractivity contribution is 0.590. The Balaban J connectivity index is 0.992. The molecule has 0 saturated carbocycles. The molecule has 2 aliphatic heterocycles. The van der Waals surface area contributed by atoms with E-state index in [4.69, 9.17) is 0 Å². The van der Waals surface area contributed by atoms with Gasteiger partial charge in [-0.25, -0.2) is 0 Å². The van der Waals surface area contributed by atoms with E-state index in [9.17, 15) is 0 Å². The number of benzene rings is 13. The van der Waals surface area contributed by atoms with Crippen LogP contribution < -0.4 is 26.2 Å². The van der Waals surface area contributed by atoms with Crippen molar-refractivity contribution in [1.29, 1.82) is 0 Å². The first-order chi connectivity index (χ1) is 46.6. The fourth-order valence-corrected chi connectivity index (χ4v) is 16.1. The van der Waals surface area contributed by atoms with Crippen molar-refractivity contribution < 1.29 is 0 Å². The van der Waals surface area contributed by atoms with Gasteiger partial charge in [0.1, 0.15) is 0 Å². The van der Waals surface area contributed by atoms with Crippen LogP contribution in [0.5, 0.6) is 0 Å². The van der Waals surface area contributed by atoms with Crippen LogP contribution in [0, 0.1) is 0 Å². The van der Waals surface area contributed by atoms with Crippen LogP contribution in [0.1, 0.15) is 79.0 Å². The number of nitrogens with zero attached hydrogens (tertiary/aromatic N) is 5. The minimum Gasteiger partial charge on any atom is -0.311 e. The largest absolute Gasteiger partial charge is 0.311 e. The molecule has 2 aliphatic rings. The molecule has 96 heavy (non-hydrogen) atoms. The number of fused-ring (bicyclic) bond motifs is 14. The maximum absolute atomic E-state index is 2.68. The summed E-state index contributed by atoms with van der Waals surface area (Å²) in [6.45, 7) is 21.0. The lowest BCUT2D eigenvalue weighted by Gasteiger charge is -2.46. The molecule has 0 aliphatic carbocycles. The third kappa shape index (κ3) is 8.77. The number of aromatic nitrogens is 3. The van der Waals surface area contributed by atoms with E-state index in [1.54, 1.807) is 0 Å². The van der Waals surface area contributed by atoms with Crippen LogP contribution in [-0.4, -0.2) is 20.4 Å². The number of hydrogen-bond donors (Lipinski definition) is 0. The van der Waals surface area contributed by atoms with Gasteiger partial charge in [-0.15, -0.1) is 0 Å². The van der Waals surface area contributed by atoms with Gasteiger partial charge < -0.3 is 23.5 Å². The summed E-state index contributed by atoms with van der Waals surface area (Å²) in [7, 11) is 0. The molecule has 3 aromatic heterocycles. The Hall–Kier alpha value is -11.1. The molecule has 0 unspecified atom stereocenters. The summed E-state index contributed by atoms with van der Waals surface area (Å²) in [5.41, 5.74) is 29.2. The Morgan fingerprint density at radius 1 is 0.250 bits per heavy atom. The van der Waals surface area contributed by atoms with Crippen molar-refractivity contribution in [1.82, 2.24) is 13.7 Å². The molecule has 0 bridgehead atoms. The summed E-state index contributed by atoms with van der Waals surface area (Å²) in [5.74, 6) is 0. The van der Waals surface area contributed by atoms with Crippen LogP contribution in [0.2, 0.25) is 0 Å². The van der Waals surface area contributed by atoms with Gasteiger partial charge in [-0.2, -0.15) is 0 Å². The van der Waals surface area contributed by atoms with Crippen LogP contribution in [-0.2, 0) is 16.2 Å². The van der Waals surface area contributed by atoms with E-state index in [2.05, 4.69) is 371 Å². The van der Waals surface area contributed by atoms with Crippen molar-refractivity contribution in [2.75, 3.05) is 9.80 Å². The summed E-state index contributed by atoms with van der Waals surface area (Å²) >= 11 is 0. The Labute approximate surface area is 562 Å². The highest BCUT2D eigenvalue weighted by Crippen LogP contribution is 2.52. The van der Waals surface area contributed by atoms with Crippen LogP contribution in [0.25, 0.3) is 105 Å². The number of para-hydroxylation sites is 5. The molecule has 5 nitrogen and oxygen atoms in total. The van der Waals surface area contributed by atoms with E-state index in [0.29, 0.717) is 0 Å². The van der Waals surface area contributed by atoms with Crippen molar-refractivity contribution in [3.8, 4) is 39.3 Å². The third-order valence-electron chi connectivity index (χ3n) is 20.9. The van der Waals surface area contributed by atoms with Crippen molar-refractivity contribution >= 4 is 123 Å².